The predicted molar refractivity (Wildman–Crippen MR) is 85.0 cm³/mol. The summed E-state index contributed by atoms with van der Waals surface area (Å²) in [6, 6.07) is 9.25. The van der Waals surface area contributed by atoms with Gasteiger partial charge in [-0.3, -0.25) is 14.6 Å². The molecule has 0 aliphatic heterocycles. The average molecular weight is 300 g/mol. The van der Waals surface area contributed by atoms with E-state index in [9.17, 15) is 9.59 Å². The minimum Gasteiger partial charge on any atom is -0.481 e. The number of nitrogens with one attached hydrogen (secondary N) is 1. The molecule has 0 fully saturated rings. The average Bonchev–Trinajstić information content (AvgIpc) is 2.50. The number of para-hydroxylation sites is 1. The number of aliphatic carboxylic acids is 1. The van der Waals surface area contributed by atoms with E-state index in [0.29, 0.717) is 5.56 Å². The van der Waals surface area contributed by atoms with Gasteiger partial charge in [-0.1, -0.05) is 39.0 Å². The molecule has 116 valence electrons. The first-order chi connectivity index (χ1) is 10.4. The molecule has 1 aromatic heterocycles. The van der Waals surface area contributed by atoms with E-state index < -0.39 is 11.9 Å². The zero-order valence-corrected chi connectivity index (χ0v) is 13.0. The van der Waals surface area contributed by atoms with Crippen LogP contribution in [-0.4, -0.2) is 28.5 Å². The Kier molecular flexibility index (Phi) is 4.75. The number of amides is 1. The summed E-state index contributed by atoms with van der Waals surface area (Å²) < 4.78 is 0. The highest BCUT2D eigenvalue weighted by molar-refractivity contribution is 6.06. The quantitative estimate of drug-likeness (QED) is 0.890. The SMILES string of the molecule is CC(CNC(=O)c1cc(C(C)C)nc2ccccc12)C(=O)O. The fraction of sp³-hybridized carbons (Fsp3) is 0.353. The Morgan fingerprint density at radius 2 is 1.91 bits per heavy atom. The number of pyridine rings is 1. The Morgan fingerprint density at radius 1 is 1.23 bits per heavy atom. The summed E-state index contributed by atoms with van der Waals surface area (Å²) in [4.78, 5) is 27.8. The van der Waals surface area contributed by atoms with E-state index in [-0.39, 0.29) is 18.4 Å². The van der Waals surface area contributed by atoms with Crippen molar-refractivity contribution >= 4 is 22.8 Å². The molecule has 1 unspecified atom stereocenters. The molecule has 5 nitrogen and oxygen atoms in total. The third kappa shape index (κ3) is 3.42. The summed E-state index contributed by atoms with van der Waals surface area (Å²) in [5.41, 5.74) is 2.15. The standard InChI is InChI=1S/C17H20N2O3/c1-10(2)15-8-13(12-6-4-5-7-14(12)19-15)16(20)18-9-11(3)17(21)22/h4-8,10-11H,9H2,1-3H3,(H,18,20)(H,21,22). The zero-order chi connectivity index (χ0) is 16.3. The number of benzene rings is 1. The second kappa shape index (κ2) is 6.56. The van der Waals surface area contributed by atoms with Crippen LogP contribution in [0.2, 0.25) is 0 Å². The first-order valence-corrected chi connectivity index (χ1v) is 7.30. The van der Waals surface area contributed by atoms with Gasteiger partial charge in [-0.2, -0.15) is 0 Å². The van der Waals surface area contributed by atoms with E-state index in [0.717, 1.165) is 16.6 Å². The molecule has 0 spiro atoms. The zero-order valence-electron chi connectivity index (χ0n) is 13.0. The van der Waals surface area contributed by atoms with Gasteiger partial charge in [0.1, 0.15) is 0 Å². The van der Waals surface area contributed by atoms with Gasteiger partial charge < -0.3 is 10.4 Å². The highest BCUT2D eigenvalue weighted by Crippen LogP contribution is 2.22. The number of carbonyl (C=O) groups excluding carboxylic acids is 1. The van der Waals surface area contributed by atoms with Crippen molar-refractivity contribution in [3.63, 3.8) is 0 Å². The Labute approximate surface area is 129 Å². The fourth-order valence-electron chi connectivity index (χ4n) is 2.11. The summed E-state index contributed by atoms with van der Waals surface area (Å²) in [6.45, 7) is 5.70. The second-order valence-electron chi connectivity index (χ2n) is 5.72. The van der Waals surface area contributed by atoms with Gasteiger partial charge in [0.15, 0.2) is 0 Å². The lowest BCUT2D eigenvalue weighted by Gasteiger charge is -2.13. The van der Waals surface area contributed by atoms with Crippen molar-refractivity contribution in [1.82, 2.24) is 10.3 Å². The van der Waals surface area contributed by atoms with E-state index in [1.807, 2.05) is 38.1 Å². The smallest absolute Gasteiger partial charge is 0.308 e. The maximum absolute atomic E-state index is 12.4. The van der Waals surface area contributed by atoms with Crippen LogP contribution in [0.4, 0.5) is 0 Å². The molecular weight excluding hydrogens is 280 g/mol. The molecular formula is C17H20N2O3. The summed E-state index contributed by atoms with van der Waals surface area (Å²) in [5, 5.41) is 12.4. The van der Waals surface area contributed by atoms with Gasteiger partial charge in [-0.05, 0) is 18.1 Å². The summed E-state index contributed by atoms with van der Waals surface area (Å²) >= 11 is 0. The van der Waals surface area contributed by atoms with Gasteiger partial charge in [0.25, 0.3) is 5.91 Å². The predicted octanol–water partition coefficient (Wildman–Crippen LogP) is 2.81. The summed E-state index contributed by atoms with van der Waals surface area (Å²) in [5.74, 6) is -1.62. The molecule has 0 aliphatic rings. The van der Waals surface area contributed by atoms with Gasteiger partial charge >= 0.3 is 5.97 Å². The molecule has 0 radical (unpaired) electrons. The van der Waals surface area contributed by atoms with Crippen molar-refractivity contribution in [2.45, 2.75) is 26.7 Å². The Balaban J connectivity index is 2.36. The molecule has 0 saturated carbocycles. The van der Waals surface area contributed by atoms with E-state index in [1.54, 1.807) is 13.0 Å². The van der Waals surface area contributed by atoms with Crippen LogP contribution in [0.15, 0.2) is 30.3 Å². The Hall–Kier alpha value is -2.43. The van der Waals surface area contributed by atoms with Crippen molar-refractivity contribution in [2.24, 2.45) is 5.92 Å². The van der Waals surface area contributed by atoms with Crippen LogP contribution in [-0.2, 0) is 4.79 Å². The topological polar surface area (TPSA) is 79.3 Å². The molecule has 5 heteroatoms. The van der Waals surface area contributed by atoms with Crippen LogP contribution in [0.3, 0.4) is 0 Å². The lowest BCUT2D eigenvalue weighted by molar-refractivity contribution is -0.140. The van der Waals surface area contributed by atoms with Gasteiger partial charge in [0.2, 0.25) is 0 Å². The number of nitrogens with zero attached hydrogens (tertiary/aromatic N) is 1. The van der Waals surface area contributed by atoms with Crippen molar-refractivity contribution in [1.29, 1.82) is 0 Å². The summed E-state index contributed by atoms with van der Waals surface area (Å²) in [7, 11) is 0. The number of rotatable bonds is 5. The van der Waals surface area contributed by atoms with E-state index in [4.69, 9.17) is 5.11 Å². The molecule has 22 heavy (non-hydrogen) atoms. The normalized spacial score (nSPS) is 12.4. The van der Waals surface area contributed by atoms with Gasteiger partial charge in [-0.25, -0.2) is 0 Å². The first-order valence-electron chi connectivity index (χ1n) is 7.30. The van der Waals surface area contributed by atoms with E-state index in [2.05, 4.69) is 10.3 Å². The van der Waals surface area contributed by atoms with Crippen molar-refractivity contribution in [2.75, 3.05) is 6.54 Å². The number of carbonyl (C=O) groups is 2. The highest BCUT2D eigenvalue weighted by atomic mass is 16.4. The molecule has 2 aromatic rings. The van der Waals surface area contributed by atoms with Crippen LogP contribution < -0.4 is 5.32 Å². The Morgan fingerprint density at radius 3 is 2.55 bits per heavy atom. The van der Waals surface area contributed by atoms with Gasteiger partial charge in [0.05, 0.1) is 17.0 Å². The molecule has 1 atom stereocenters. The molecule has 1 aromatic carbocycles. The molecule has 0 saturated heterocycles. The summed E-state index contributed by atoms with van der Waals surface area (Å²) in [6.07, 6.45) is 0. The molecule has 1 heterocycles. The molecule has 0 bridgehead atoms. The number of fused-ring (bicyclic) bond motifs is 1. The lowest BCUT2D eigenvalue weighted by atomic mass is 10.0. The molecule has 2 rings (SSSR count). The second-order valence-corrected chi connectivity index (χ2v) is 5.72. The minimum atomic E-state index is -0.928. The maximum atomic E-state index is 12.4. The number of aromatic nitrogens is 1. The Bertz CT molecular complexity index is 710. The van der Waals surface area contributed by atoms with Crippen LogP contribution in [0, 0.1) is 5.92 Å². The molecule has 1 amide bonds. The van der Waals surface area contributed by atoms with Crippen LogP contribution in [0.25, 0.3) is 10.9 Å². The van der Waals surface area contributed by atoms with Crippen molar-refractivity contribution < 1.29 is 14.7 Å². The van der Waals surface area contributed by atoms with Crippen LogP contribution in [0.1, 0.15) is 42.7 Å². The van der Waals surface area contributed by atoms with E-state index in [1.165, 1.54) is 0 Å². The third-order valence-electron chi connectivity index (χ3n) is 3.56. The maximum Gasteiger partial charge on any atom is 0.308 e. The molecule has 0 aliphatic carbocycles. The third-order valence-corrected chi connectivity index (χ3v) is 3.56. The largest absolute Gasteiger partial charge is 0.481 e. The van der Waals surface area contributed by atoms with E-state index >= 15 is 0 Å². The monoisotopic (exact) mass is 300 g/mol. The number of carboxylic acid groups (broad SMARTS) is 1. The van der Waals surface area contributed by atoms with Crippen LogP contribution in [0.5, 0.6) is 0 Å². The van der Waals surface area contributed by atoms with Crippen LogP contribution >= 0.6 is 0 Å². The van der Waals surface area contributed by atoms with Gasteiger partial charge in [-0.15, -0.1) is 0 Å². The van der Waals surface area contributed by atoms with Crippen molar-refractivity contribution in [3.8, 4) is 0 Å². The number of hydrogen-bond donors (Lipinski definition) is 2. The van der Waals surface area contributed by atoms with Gasteiger partial charge in [0, 0.05) is 17.6 Å². The number of carboxylic acids is 1. The first kappa shape index (κ1) is 15.9. The minimum absolute atomic E-state index is 0.0990. The molecule has 2 N–H and O–H groups in total. The van der Waals surface area contributed by atoms with Crippen molar-refractivity contribution in [3.05, 3.63) is 41.6 Å². The number of hydrogen-bond acceptors (Lipinski definition) is 3. The lowest BCUT2D eigenvalue weighted by Crippen LogP contribution is -2.31. The fourth-order valence-corrected chi connectivity index (χ4v) is 2.11. The highest BCUT2D eigenvalue weighted by Gasteiger charge is 2.17.